The highest BCUT2D eigenvalue weighted by Crippen LogP contribution is 2.39. The van der Waals surface area contributed by atoms with E-state index in [1.54, 1.807) is 6.07 Å². The van der Waals surface area contributed by atoms with Gasteiger partial charge >= 0.3 is 6.18 Å². The van der Waals surface area contributed by atoms with Crippen molar-refractivity contribution in [3.63, 3.8) is 0 Å². The molecule has 0 spiro atoms. The van der Waals surface area contributed by atoms with Crippen LogP contribution in [-0.2, 0) is 6.18 Å². The largest absolute Gasteiger partial charge is 0.459 e. The van der Waals surface area contributed by atoms with E-state index in [1.165, 1.54) is 29.4 Å². The lowest BCUT2D eigenvalue weighted by Crippen LogP contribution is -2.35. The van der Waals surface area contributed by atoms with Crippen LogP contribution in [0.4, 0.5) is 13.2 Å². The average Bonchev–Trinajstić information content (AvgIpc) is 3.31. The highest BCUT2D eigenvalue weighted by Gasteiger charge is 2.38. The first kappa shape index (κ1) is 19.5. The monoisotopic (exact) mass is 394 g/mol. The Bertz CT molecular complexity index is 909. The van der Waals surface area contributed by atoms with Gasteiger partial charge in [-0.25, -0.2) is 0 Å². The Labute approximate surface area is 157 Å². The van der Waals surface area contributed by atoms with Gasteiger partial charge in [0, 0.05) is 24.6 Å². The Morgan fingerprint density at radius 1 is 1.29 bits per heavy atom. The van der Waals surface area contributed by atoms with E-state index in [0.29, 0.717) is 13.0 Å². The van der Waals surface area contributed by atoms with Gasteiger partial charge in [0.15, 0.2) is 11.7 Å². The fraction of sp³-hybridized carbons (Fsp3) is 0.278. The molecule has 1 unspecified atom stereocenters. The molecule has 0 bridgehead atoms. The van der Waals surface area contributed by atoms with E-state index in [4.69, 9.17) is 15.6 Å². The van der Waals surface area contributed by atoms with Gasteiger partial charge in [0.05, 0.1) is 11.8 Å². The number of carbonyl (C=O) groups excluding carboxylic acids is 2. The van der Waals surface area contributed by atoms with Gasteiger partial charge in [0.1, 0.15) is 0 Å². The van der Waals surface area contributed by atoms with E-state index in [1.807, 2.05) is 5.32 Å². The molecule has 3 rings (SSSR count). The van der Waals surface area contributed by atoms with Crippen molar-refractivity contribution in [2.45, 2.75) is 18.5 Å². The minimum Gasteiger partial charge on any atom is -0.459 e. The zero-order valence-electron chi connectivity index (χ0n) is 14.5. The molecule has 1 aromatic heterocycles. The van der Waals surface area contributed by atoms with Gasteiger partial charge in [0.2, 0.25) is 0 Å². The number of amides is 2. The van der Waals surface area contributed by atoms with Crippen molar-refractivity contribution in [3.05, 3.63) is 59.0 Å². The van der Waals surface area contributed by atoms with E-state index in [0.717, 1.165) is 6.07 Å². The Kier molecular flexibility index (Phi) is 5.12. The van der Waals surface area contributed by atoms with Gasteiger partial charge in [-0.1, -0.05) is 6.07 Å². The summed E-state index contributed by atoms with van der Waals surface area (Å²) in [6, 6.07) is 6.29. The van der Waals surface area contributed by atoms with Crippen molar-refractivity contribution in [1.29, 1.82) is 5.41 Å². The van der Waals surface area contributed by atoms with Crippen LogP contribution >= 0.6 is 0 Å². The summed E-state index contributed by atoms with van der Waals surface area (Å²) in [7, 11) is 0. The number of benzene rings is 1. The van der Waals surface area contributed by atoms with Crippen LogP contribution in [0.1, 0.15) is 44.4 Å². The third-order valence-electron chi connectivity index (χ3n) is 4.52. The van der Waals surface area contributed by atoms with Gasteiger partial charge in [-0.05, 0) is 36.2 Å². The molecule has 2 aromatic rings. The fourth-order valence-corrected chi connectivity index (χ4v) is 3.25. The summed E-state index contributed by atoms with van der Waals surface area (Å²) in [5.41, 5.74) is 3.87. The van der Waals surface area contributed by atoms with Crippen molar-refractivity contribution in [2.75, 3.05) is 13.1 Å². The molecule has 1 aliphatic rings. The summed E-state index contributed by atoms with van der Waals surface area (Å²) in [5, 5.41) is 8.98. The number of halogens is 3. The highest BCUT2D eigenvalue weighted by molar-refractivity contribution is 6.04. The molecule has 1 aromatic carbocycles. The molecule has 148 valence electrons. The number of hydrogen-bond donors (Lipinski definition) is 3. The number of carbonyl (C=O) groups is 2. The average molecular weight is 394 g/mol. The van der Waals surface area contributed by atoms with Crippen LogP contribution in [0.25, 0.3) is 0 Å². The first-order chi connectivity index (χ1) is 13.2. The smallest absolute Gasteiger partial charge is 0.416 e. The van der Waals surface area contributed by atoms with E-state index in [9.17, 15) is 22.8 Å². The van der Waals surface area contributed by atoms with Crippen LogP contribution in [0.5, 0.6) is 0 Å². The number of nitrogens with one attached hydrogen (secondary N) is 2. The molecule has 7 nitrogen and oxygen atoms in total. The predicted molar refractivity (Wildman–Crippen MR) is 92.8 cm³/mol. The maximum absolute atomic E-state index is 13.6. The molecular formula is C18H17F3N4O3. The maximum Gasteiger partial charge on any atom is 0.416 e. The van der Waals surface area contributed by atoms with E-state index in [2.05, 4.69) is 0 Å². The lowest BCUT2D eigenvalue weighted by molar-refractivity contribution is -0.138. The Morgan fingerprint density at radius 2 is 2.04 bits per heavy atom. The van der Waals surface area contributed by atoms with Gasteiger partial charge in [-0.2, -0.15) is 13.2 Å². The molecule has 1 aliphatic heterocycles. The number of nitrogens with two attached hydrogens (primary N) is 1. The second kappa shape index (κ2) is 7.37. The first-order valence-electron chi connectivity index (χ1n) is 8.36. The number of furan rings is 1. The number of guanidine groups is 1. The SMILES string of the molecule is N=C(N)NC(=O)c1ccc(C2CCN(C(=O)c3ccco3)C2)c(C(F)(F)F)c1. The number of hydrogen-bond acceptors (Lipinski definition) is 4. The molecule has 1 fully saturated rings. The van der Waals surface area contributed by atoms with Crippen molar-refractivity contribution in [3.8, 4) is 0 Å². The summed E-state index contributed by atoms with van der Waals surface area (Å²) in [6.45, 7) is 0.412. The Hall–Kier alpha value is -3.30. The van der Waals surface area contributed by atoms with Crippen molar-refractivity contribution in [1.82, 2.24) is 10.2 Å². The van der Waals surface area contributed by atoms with Gasteiger partial charge in [0.25, 0.3) is 11.8 Å². The maximum atomic E-state index is 13.6. The minimum atomic E-state index is -4.68. The summed E-state index contributed by atoms with van der Waals surface area (Å²) >= 11 is 0. The number of likely N-dealkylation sites (tertiary alicyclic amines) is 1. The topological polar surface area (TPSA) is 112 Å². The molecule has 4 N–H and O–H groups in total. The molecule has 0 saturated carbocycles. The zero-order valence-corrected chi connectivity index (χ0v) is 14.5. The molecule has 0 radical (unpaired) electrons. The van der Waals surface area contributed by atoms with E-state index >= 15 is 0 Å². The van der Waals surface area contributed by atoms with Crippen LogP contribution in [0.2, 0.25) is 0 Å². The van der Waals surface area contributed by atoms with Crippen molar-refractivity contribution in [2.24, 2.45) is 5.73 Å². The Balaban J connectivity index is 1.86. The highest BCUT2D eigenvalue weighted by atomic mass is 19.4. The predicted octanol–water partition coefficient (Wildman–Crippen LogP) is 2.55. The van der Waals surface area contributed by atoms with Crippen LogP contribution < -0.4 is 11.1 Å². The molecule has 10 heteroatoms. The molecule has 0 aliphatic carbocycles. The van der Waals surface area contributed by atoms with Gasteiger partial charge in [-0.3, -0.25) is 20.3 Å². The molecular weight excluding hydrogens is 377 g/mol. The number of nitrogens with zero attached hydrogens (tertiary/aromatic N) is 1. The normalized spacial score (nSPS) is 16.8. The lowest BCUT2D eigenvalue weighted by Gasteiger charge is -2.19. The van der Waals surface area contributed by atoms with E-state index in [-0.39, 0.29) is 29.3 Å². The summed E-state index contributed by atoms with van der Waals surface area (Å²) < 4.78 is 45.8. The summed E-state index contributed by atoms with van der Waals surface area (Å²) in [6.07, 6.45) is -2.97. The van der Waals surface area contributed by atoms with Crippen LogP contribution in [0, 0.1) is 5.41 Å². The quantitative estimate of drug-likeness (QED) is 0.549. The third-order valence-corrected chi connectivity index (χ3v) is 4.52. The summed E-state index contributed by atoms with van der Waals surface area (Å²) in [4.78, 5) is 25.7. The zero-order chi connectivity index (χ0) is 20.5. The van der Waals surface area contributed by atoms with Crippen molar-refractivity contribution >= 4 is 17.8 Å². The molecule has 28 heavy (non-hydrogen) atoms. The van der Waals surface area contributed by atoms with Gasteiger partial charge in [-0.15, -0.1) is 0 Å². The Morgan fingerprint density at radius 3 is 2.64 bits per heavy atom. The van der Waals surface area contributed by atoms with Crippen molar-refractivity contribution < 1.29 is 27.2 Å². The molecule has 2 heterocycles. The van der Waals surface area contributed by atoms with Crippen LogP contribution in [0.3, 0.4) is 0 Å². The third kappa shape index (κ3) is 4.00. The van der Waals surface area contributed by atoms with Crippen LogP contribution in [-0.4, -0.2) is 35.8 Å². The first-order valence-corrected chi connectivity index (χ1v) is 8.36. The number of alkyl halides is 3. The number of rotatable bonds is 3. The van der Waals surface area contributed by atoms with E-state index < -0.39 is 29.5 Å². The molecule has 1 atom stereocenters. The van der Waals surface area contributed by atoms with Gasteiger partial charge < -0.3 is 15.1 Å². The summed E-state index contributed by atoms with van der Waals surface area (Å²) in [5.74, 6) is -2.33. The van der Waals surface area contributed by atoms with Crippen LogP contribution in [0.15, 0.2) is 41.0 Å². The second-order valence-electron chi connectivity index (χ2n) is 6.38. The standard InChI is InChI=1S/C18H17F3N4O3/c19-18(20,21)13-8-10(15(26)24-17(22)23)3-4-12(13)11-5-6-25(9-11)16(27)14-2-1-7-28-14/h1-4,7-8,11H,5-6,9H2,(H4,22,23,24,26). The minimum absolute atomic E-state index is 0.0154. The fourth-order valence-electron chi connectivity index (χ4n) is 3.25. The molecule has 2 amide bonds. The lowest BCUT2D eigenvalue weighted by atomic mass is 9.91. The second-order valence-corrected chi connectivity index (χ2v) is 6.38. The molecule has 1 saturated heterocycles.